The minimum atomic E-state index is -0.474. The van der Waals surface area contributed by atoms with Crippen LogP contribution in [0.25, 0.3) is 5.69 Å². The van der Waals surface area contributed by atoms with Gasteiger partial charge in [0, 0.05) is 12.7 Å². The highest BCUT2D eigenvalue weighted by molar-refractivity contribution is 5.96. The van der Waals surface area contributed by atoms with Gasteiger partial charge in [-0.2, -0.15) is 5.26 Å². The van der Waals surface area contributed by atoms with Crippen LogP contribution in [0, 0.1) is 18.3 Å². The third-order valence-electron chi connectivity index (χ3n) is 5.47. The quantitative estimate of drug-likeness (QED) is 0.557. The van der Waals surface area contributed by atoms with Crippen molar-refractivity contribution in [1.29, 1.82) is 5.26 Å². The van der Waals surface area contributed by atoms with Crippen LogP contribution in [0.3, 0.4) is 0 Å². The molecule has 3 aromatic rings. The summed E-state index contributed by atoms with van der Waals surface area (Å²) in [6.07, 6.45) is 14.2. The summed E-state index contributed by atoms with van der Waals surface area (Å²) in [6.45, 7) is 2.56. The van der Waals surface area contributed by atoms with Crippen molar-refractivity contribution < 1.29 is 4.79 Å². The number of nitrogens with zero attached hydrogens (tertiary/aromatic N) is 4. The van der Waals surface area contributed by atoms with Crippen LogP contribution < -0.4 is 10.6 Å². The number of nitrogens with one attached hydrogen (secondary N) is 2. The van der Waals surface area contributed by atoms with Crippen LogP contribution in [0.5, 0.6) is 0 Å². The number of carbonyl (C=O) groups is 1. The van der Waals surface area contributed by atoms with Crippen LogP contribution >= 0.6 is 0 Å². The number of amides is 1. The van der Waals surface area contributed by atoms with Gasteiger partial charge in [0.15, 0.2) is 0 Å². The minimum absolute atomic E-state index is 0.147. The molecule has 0 spiro atoms. The van der Waals surface area contributed by atoms with E-state index >= 15 is 0 Å². The molecular formula is C26H26N6O. The number of allylic oxidation sites excluding steroid dienone is 2. The molecule has 7 nitrogen and oxygen atoms in total. The molecule has 1 aliphatic rings. The van der Waals surface area contributed by atoms with E-state index in [-0.39, 0.29) is 5.91 Å². The highest BCUT2D eigenvalue weighted by Gasteiger charge is 2.22. The summed E-state index contributed by atoms with van der Waals surface area (Å²) in [5, 5.41) is 15.3. The number of hydrogen-bond donors (Lipinski definition) is 2. The molecule has 1 aromatic carbocycles. The lowest BCUT2D eigenvalue weighted by Crippen LogP contribution is -2.43. The first-order valence-corrected chi connectivity index (χ1v) is 11.0. The van der Waals surface area contributed by atoms with E-state index in [9.17, 15) is 4.79 Å². The van der Waals surface area contributed by atoms with E-state index in [2.05, 4.69) is 38.8 Å². The molecule has 0 aliphatic heterocycles. The van der Waals surface area contributed by atoms with E-state index < -0.39 is 6.04 Å². The number of nitriles is 1. The number of rotatable bonds is 8. The first-order chi connectivity index (χ1) is 16.1. The van der Waals surface area contributed by atoms with Crippen molar-refractivity contribution in [3.05, 3.63) is 95.7 Å². The molecule has 1 unspecified atom stereocenters. The molecule has 0 saturated carbocycles. The van der Waals surface area contributed by atoms with Crippen molar-refractivity contribution >= 4 is 11.7 Å². The molecule has 2 aromatic heterocycles. The monoisotopic (exact) mass is 438 g/mol. The van der Waals surface area contributed by atoms with Gasteiger partial charge in [0.25, 0.3) is 0 Å². The average molecular weight is 439 g/mol. The Labute approximate surface area is 193 Å². The first kappa shape index (κ1) is 22.2. The van der Waals surface area contributed by atoms with Gasteiger partial charge < -0.3 is 15.2 Å². The fourth-order valence-corrected chi connectivity index (χ4v) is 3.69. The van der Waals surface area contributed by atoms with E-state index in [1.165, 1.54) is 0 Å². The van der Waals surface area contributed by atoms with Gasteiger partial charge in [-0.25, -0.2) is 9.97 Å². The molecule has 2 N–H and O–H groups in total. The van der Waals surface area contributed by atoms with Crippen molar-refractivity contribution in [2.45, 2.75) is 32.2 Å². The third kappa shape index (κ3) is 5.82. The van der Waals surface area contributed by atoms with Crippen LogP contribution in [0.1, 0.15) is 29.7 Å². The Hall–Kier alpha value is -4.02. The average Bonchev–Trinajstić information content (AvgIpc) is 3.29. The van der Waals surface area contributed by atoms with Crippen molar-refractivity contribution in [3.63, 3.8) is 0 Å². The van der Waals surface area contributed by atoms with Crippen LogP contribution in [-0.4, -0.2) is 33.0 Å². The van der Waals surface area contributed by atoms with E-state index in [1.807, 2.05) is 54.1 Å². The van der Waals surface area contributed by atoms with Gasteiger partial charge in [-0.3, -0.25) is 4.79 Å². The van der Waals surface area contributed by atoms with Crippen molar-refractivity contribution in [1.82, 2.24) is 19.9 Å². The molecule has 1 atom stereocenters. The zero-order valence-electron chi connectivity index (χ0n) is 18.5. The Balaban J connectivity index is 1.41. The SMILES string of the molecule is Cc1cn(-c2ccc(NC(=O)C(NCCc3ccc(C#N)cc3)C3=CCCC=C3)nc2)cn1. The number of imidazole rings is 1. The van der Waals surface area contributed by atoms with E-state index in [0.29, 0.717) is 17.9 Å². The van der Waals surface area contributed by atoms with Crippen molar-refractivity contribution in [3.8, 4) is 11.8 Å². The second kappa shape index (κ2) is 10.5. The standard InChI is InChI=1S/C26H26N6O/c1-19-17-32(18-30-19)23-11-12-24(29-16-23)31-26(33)25(22-5-3-2-4-6-22)28-14-13-20-7-9-21(15-27)10-8-20/h3,5-12,16-18,25,28H,2,4,13-14H2,1H3,(H,29,31,33). The Morgan fingerprint density at radius 2 is 2.03 bits per heavy atom. The number of pyridine rings is 1. The molecule has 0 saturated heterocycles. The van der Waals surface area contributed by atoms with Crippen molar-refractivity contribution in [2.75, 3.05) is 11.9 Å². The Kier molecular flexibility index (Phi) is 7.08. The summed E-state index contributed by atoms with van der Waals surface area (Å²) in [5.41, 5.74) is 4.52. The Morgan fingerprint density at radius 3 is 2.67 bits per heavy atom. The van der Waals surface area contributed by atoms with Crippen LogP contribution in [-0.2, 0) is 11.2 Å². The molecule has 0 fully saturated rings. The lowest BCUT2D eigenvalue weighted by Gasteiger charge is -2.21. The smallest absolute Gasteiger partial charge is 0.247 e. The maximum atomic E-state index is 13.2. The Morgan fingerprint density at radius 1 is 1.18 bits per heavy atom. The molecule has 0 bridgehead atoms. The molecule has 7 heteroatoms. The van der Waals surface area contributed by atoms with E-state index in [0.717, 1.165) is 41.8 Å². The summed E-state index contributed by atoms with van der Waals surface area (Å²) >= 11 is 0. The maximum Gasteiger partial charge on any atom is 0.247 e. The lowest BCUT2D eigenvalue weighted by molar-refractivity contribution is -0.117. The van der Waals surface area contributed by atoms with Crippen molar-refractivity contribution in [2.24, 2.45) is 0 Å². The second-order valence-corrected chi connectivity index (χ2v) is 7.94. The fraction of sp³-hybridized carbons (Fsp3) is 0.231. The molecule has 166 valence electrons. The lowest BCUT2D eigenvalue weighted by atomic mass is 9.99. The van der Waals surface area contributed by atoms with Crippen LogP contribution in [0.2, 0.25) is 0 Å². The number of aryl methyl sites for hydroxylation is 1. The largest absolute Gasteiger partial charge is 0.309 e. The van der Waals surface area contributed by atoms with Crippen LogP contribution in [0.4, 0.5) is 5.82 Å². The summed E-state index contributed by atoms with van der Waals surface area (Å²) in [4.78, 5) is 21.8. The van der Waals surface area contributed by atoms with Gasteiger partial charge in [-0.1, -0.05) is 30.4 Å². The Bertz CT molecular complexity index is 1200. The van der Waals surface area contributed by atoms with Crippen LogP contribution in [0.15, 0.2) is 78.9 Å². The van der Waals surface area contributed by atoms with E-state index in [1.54, 1.807) is 18.6 Å². The predicted octanol–water partition coefficient (Wildman–Crippen LogP) is 3.86. The highest BCUT2D eigenvalue weighted by atomic mass is 16.2. The normalized spacial score (nSPS) is 13.8. The van der Waals surface area contributed by atoms with Gasteiger partial charge in [0.1, 0.15) is 11.9 Å². The number of aromatic nitrogens is 3. The molecular weight excluding hydrogens is 412 g/mol. The second-order valence-electron chi connectivity index (χ2n) is 7.94. The molecule has 33 heavy (non-hydrogen) atoms. The molecule has 1 amide bonds. The zero-order chi connectivity index (χ0) is 23.0. The highest BCUT2D eigenvalue weighted by Crippen LogP contribution is 2.16. The van der Waals surface area contributed by atoms with Gasteiger partial charge in [-0.15, -0.1) is 0 Å². The molecule has 2 heterocycles. The number of anilines is 1. The summed E-state index contributed by atoms with van der Waals surface area (Å²) in [5.74, 6) is 0.353. The number of carbonyl (C=O) groups excluding carboxylic acids is 1. The minimum Gasteiger partial charge on any atom is -0.309 e. The fourth-order valence-electron chi connectivity index (χ4n) is 3.69. The maximum absolute atomic E-state index is 13.2. The summed E-state index contributed by atoms with van der Waals surface area (Å²) in [7, 11) is 0. The molecule has 0 radical (unpaired) electrons. The van der Waals surface area contributed by atoms with Gasteiger partial charge in [-0.05, 0) is 61.6 Å². The summed E-state index contributed by atoms with van der Waals surface area (Å²) in [6, 6.07) is 12.9. The van der Waals surface area contributed by atoms with E-state index in [4.69, 9.17) is 5.26 Å². The van der Waals surface area contributed by atoms with Gasteiger partial charge in [0.05, 0.1) is 35.5 Å². The zero-order valence-corrected chi connectivity index (χ0v) is 18.5. The molecule has 4 rings (SSSR count). The molecule has 1 aliphatic carbocycles. The summed E-state index contributed by atoms with van der Waals surface area (Å²) < 4.78 is 1.89. The van der Waals surface area contributed by atoms with Gasteiger partial charge >= 0.3 is 0 Å². The first-order valence-electron chi connectivity index (χ1n) is 11.0. The van der Waals surface area contributed by atoms with Gasteiger partial charge in [0.2, 0.25) is 5.91 Å². The predicted molar refractivity (Wildman–Crippen MR) is 128 cm³/mol. The third-order valence-corrected chi connectivity index (χ3v) is 5.47. The topological polar surface area (TPSA) is 95.6 Å². The number of benzene rings is 1. The number of hydrogen-bond acceptors (Lipinski definition) is 5.